The molecule has 1 aromatic carbocycles. The Morgan fingerprint density at radius 2 is 2.07 bits per heavy atom. The Morgan fingerprint density at radius 3 is 2.73 bits per heavy atom. The summed E-state index contributed by atoms with van der Waals surface area (Å²) in [7, 11) is 0. The second-order valence-corrected chi connectivity index (χ2v) is 5.07. The Morgan fingerprint density at radius 1 is 1.33 bits per heavy atom. The summed E-state index contributed by atoms with van der Waals surface area (Å²) in [6, 6.07) is 8.00. The summed E-state index contributed by atoms with van der Waals surface area (Å²) < 4.78 is 0. The molecule has 0 aromatic heterocycles. The van der Waals surface area contributed by atoms with Crippen molar-refractivity contribution >= 4 is 11.6 Å². The minimum atomic E-state index is -0.212. The average molecular weight is 224 g/mol. The lowest BCUT2D eigenvalue weighted by Gasteiger charge is -2.40. The maximum atomic E-state index is 6.54. The van der Waals surface area contributed by atoms with E-state index in [0.717, 1.165) is 17.0 Å². The smallest absolute Gasteiger partial charge is 0.0456 e. The van der Waals surface area contributed by atoms with Crippen molar-refractivity contribution in [2.75, 3.05) is 0 Å². The zero-order valence-electron chi connectivity index (χ0n) is 9.17. The maximum Gasteiger partial charge on any atom is 0.0456 e. The van der Waals surface area contributed by atoms with Crippen LogP contribution in [0.4, 0.5) is 0 Å². The topological polar surface area (TPSA) is 26.0 Å². The maximum absolute atomic E-state index is 6.54. The van der Waals surface area contributed by atoms with Crippen LogP contribution in [0, 0.1) is 5.92 Å². The molecule has 0 heterocycles. The van der Waals surface area contributed by atoms with Crippen molar-refractivity contribution in [2.45, 2.75) is 38.1 Å². The molecule has 82 valence electrons. The highest BCUT2D eigenvalue weighted by atomic mass is 35.5. The molecule has 2 unspecified atom stereocenters. The van der Waals surface area contributed by atoms with Gasteiger partial charge in [0.05, 0.1) is 0 Å². The van der Waals surface area contributed by atoms with Crippen molar-refractivity contribution in [3.63, 3.8) is 0 Å². The highest BCUT2D eigenvalue weighted by Gasteiger charge is 2.36. The molecule has 2 rings (SSSR count). The fourth-order valence-corrected chi connectivity index (χ4v) is 2.92. The van der Waals surface area contributed by atoms with Crippen molar-refractivity contribution < 1.29 is 0 Å². The molecule has 1 nitrogen and oxygen atoms in total. The molecular formula is C13H18ClN. The van der Waals surface area contributed by atoms with Gasteiger partial charge in [0.2, 0.25) is 0 Å². The molecular weight excluding hydrogens is 206 g/mol. The Labute approximate surface area is 96.6 Å². The lowest BCUT2D eigenvalue weighted by Crippen LogP contribution is -2.45. The standard InChI is InChI=1S/C13H18ClN/c1-10-6-4-5-9-13(10,15)11-7-2-3-8-12(11)14/h2-3,7-8,10H,4-6,9,15H2,1H3. The summed E-state index contributed by atoms with van der Waals surface area (Å²) in [5, 5.41) is 0.814. The summed E-state index contributed by atoms with van der Waals surface area (Å²) >= 11 is 6.23. The van der Waals surface area contributed by atoms with Crippen LogP contribution < -0.4 is 5.73 Å². The third-order valence-electron chi connectivity index (χ3n) is 3.73. The molecule has 1 saturated carbocycles. The van der Waals surface area contributed by atoms with Gasteiger partial charge in [-0.2, -0.15) is 0 Å². The van der Waals surface area contributed by atoms with Crippen molar-refractivity contribution in [3.05, 3.63) is 34.9 Å². The quantitative estimate of drug-likeness (QED) is 0.772. The molecule has 15 heavy (non-hydrogen) atoms. The first kappa shape index (κ1) is 11.0. The van der Waals surface area contributed by atoms with Gasteiger partial charge in [0.25, 0.3) is 0 Å². The lowest BCUT2D eigenvalue weighted by molar-refractivity contribution is 0.207. The minimum absolute atomic E-state index is 0.212. The fourth-order valence-electron chi connectivity index (χ4n) is 2.61. The van der Waals surface area contributed by atoms with Gasteiger partial charge in [-0.05, 0) is 30.4 Å². The highest BCUT2D eigenvalue weighted by Crippen LogP contribution is 2.41. The number of rotatable bonds is 1. The van der Waals surface area contributed by atoms with Gasteiger partial charge in [0.15, 0.2) is 0 Å². The summed E-state index contributed by atoms with van der Waals surface area (Å²) in [5.74, 6) is 0.520. The van der Waals surface area contributed by atoms with Crippen LogP contribution in [-0.2, 0) is 5.54 Å². The van der Waals surface area contributed by atoms with Crippen LogP contribution in [0.5, 0.6) is 0 Å². The first-order valence-electron chi connectivity index (χ1n) is 5.68. The van der Waals surface area contributed by atoms with E-state index >= 15 is 0 Å². The monoisotopic (exact) mass is 223 g/mol. The minimum Gasteiger partial charge on any atom is -0.321 e. The number of hydrogen-bond acceptors (Lipinski definition) is 1. The predicted molar refractivity (Wildman–Crippen MR) is 64.9 cm³/mol. The molecule has 2 atom stereocenters. The van der Waals surface area contributed by atoms with Crippen LogP contribution in [0.2, 0.25) is 5.02 Å². The Hall–Kier alpha value is -0.530. The second-order valence-electron chi connectivity index (χ2n) is 4.67. The summed E-state index contributed by atoms with van der Waals surface area (Å²) in [5.41, 5.74) is 7.45. The number of benzene rings is 1. The van der Waals surface area contributed by atoms with E-state index in [1.807, 2.05) is 18.2 Å². The van der Waals surface area contributed by atoms with Crippen LogP contribution >= 0.6 is 11.6 Å². The van der Waals surface area contributed by atoms with Gasteiger partial charge in [-0.25, -0.2) is 0 Å². The number of halogens is 1. The Kier molecular flexibility index (Phi) is 3.03. The number of hydrogen-bond donors (Lipinski definition) is 1. The molecule has 1 aliphatic rings. The molecule has 2 heteroatoms. The molecule has 0 aliphatic heterocycles. The van der Waals surface area contributed by atoms with E-state index in [0.29, 0.717) is 5.92 Å². The van der Waals surface area contributed by atoms with Gasteiger partial charge >= 0.3 is 0 Å². The van der Waals surface area contributed by atoms with Crippen LogP contribution in [-0.4, -0.2) is 0 Å². The van der Waals surface area contributed by atoms with Gasteiger partial charge < -0.3 is 5.73 Å². The van der Waals surface area contributed by atoms with Crippen LogP contribution in [0.1, 0.15) is 38.2 Å². The van der Waals surface area contributed by atoms with E-state index in [-0.39, 0.29) is 5.54 Å². The van der Waals surface area contributed by atoms with E-state index in [1.54, 1.807) is 0 Å². The summed E-state index contributed by atoms with van der Waals surface area (Å²) in [6.45, 7) is 2.24. The third kappa shape index (κ3) is 1.91. The summed E-state index contributed by atoms with van der Waals surface area (Å²) in [4.78, 5) is 0. The zero-order chi connectivity index (χ0) is 10.9. The van der Waals surface area contributed by atoms with Gasteiger partial charge in [-0.1, -0.05) is 49.6 Å². The fraction of sp³-hybridized carbons (Fsp3) is 0.538. The number of nitrogens with two attached hydrogens (primary N) is 1. The van der Waals surface area contributed by atoms with Gasteiger partial charge in [-0.3, -0.25) is 0 Å². The van der Waals surface area contributed by atoms with E-state index in [9.17, 15) is 0 Å². The molecule has 0 saturated heterocycles. The second kappa shape index (κ2) is 4.15. The van der Waals surface area contributed by atoms with Crippen molar-refractivity contribution in [3.8, 4) is 0 Å². The third-order valence-corrected chi connectivity index (χ3v) is 4.06. The SMILES string of the molecule is CC1CCCCC1(N)c1ccccc1Cl. The average Bonchev–Trinajstić information content (AvgIpc) is 2.23. The molecule has 1 aliphatic carbocycles. The van der Waals surface area contributed by atoms with E-state index in [4.69, 9.17) is 17.3 Å². The van der Waals surface area contributed by atoms with Crippen LogP contribution in [0.3, 0.4) is 0 Å². The summed E-state index contributed by atoms with van der Waals surface area (Å²) in [6.07, 6.45) is 4.77. The van der Waals surface area contributed by atoms with Gasteiger partial charge in [0.1, 0.15) is 0 Å². The Bertz CT molecular complexity index is 350. The Balaban J connectivity index is 2.39. The lowest BCUT2D eigenvalue weighted by atomic mass is 9.70. The van der Waals surface area contributed by atoms with E-state index in [2.05, 4.69) is 13.0 Å². The van der Waals surface area contributed by atoms with Crippen molar-refractivity contribution in [1.29, 1.82) is 0 Å². The van der Waals surface area contributed by atoms with Crippen molar-refractivity contribution in [2.24, 2.45) is 11.7 Å². The van der Waals surface area contributed by atoms with Crippen LogP contribution in [0.25, 0.3) is 0 Å². The normalized spacial score (nSPS) is 31.5. The molecule has 2 N–H and O–H groups in total. The van der Waals surface area contributed by atoms with Gasteiger partial charge in [0, 0.05) is 10.6 Å². The predicted octanol–water partition coefficient (Wildman–Crippen LogP) is 3.70. The largest absolute Gasteiger partial charge is 0.321 e. The molecule has 1 aromatic rings. The first-order valence-corrected chi connectivity index (χ1v) is 6.06. The van der Waals surface area contributed by atoms with E-state index < -0.39 is 0 Å². The highest BCUT2D eigenvalue weighted by molar-refractivity contribution is 6.31. The zero-order valence-corrected chi connectivity index (χ0v) is 9.93. The van der Waals surface area contributed by atoms with Crippen LogP contribution in [0.15, 0.2) is 24.3 Å². The first-order chi connectivity index (χ1) is 7.14. The molecule has 0 radical (unpaired) electrons. The van der Waals surface area contributed by atoms with Gasteiger partial charge in [-0.15, -0.1) is 0 Å². The molecule has 1 fully saturated rings. The molecule has 0 bridgehead atoms. The molecule has 0 spiro atoms. The van der Waals surface area contributed by atoms with Crippen molar-refractivity contribution in [1.82, 2.24) is 0 Å². The molecule has 0 amide bonds. The van der Waals surface area contributed by atoms with E-state index in [1.165, 1.54) is 19.3 Å².